The minimum absolute atomic E-state index is 0.0493. The van der Waals surface area contributed by atoms with E-state index in [1.54, 1.807) is 17.0 Å². The Morgan fingerprint density at radius 3 is 2.75 bits per heavy atom. The van der Waals surface area contributed by atoms with Gasteiger partial charge in [0.15, 0.2) is 11.6 Å². The van der Waals surface area contributed by atoms with Crippen molar-refractivity contribution in [3.05, 3.63) is 53.3 Å². The smallest absolute Gasteiger partial charge is 0.255 e. The average molecular weight is 328 g/mol. The van der Waals surface area contributed by atoms with E-state index < -0.39 is 11.7 Å². The van der Waals surface area contributed by atoms with Crippen molar-refractivity contribution in [3.8, 4) is 5.75 Å². The Kier molecular flexibility index (Phi) is 4.20. The highest BCUT2D eigenvalue weighted by atomic mass is 19.1. The molecule has 1 N–H and O–H groups in total. The molecule has 0 unspecified atom stereocenters. The summed E-state index contributed by atoms with van der Waals surface area (Å²) in [5.41, 5.74) is 2.51. The third-order valence-corrected chi connectivity index (χ3v) is 4.00. The summed E-state index contributed by atoms with van der Waals surface area (Å²) in [5, 5.41) is 2.72. The minimum Gasteiger partial charge on any atom is -0.494 e. The van der Waals surface area contributed by atoms with Gasteiger partial charge in [0, 0.05) is 23.5 Å². The molecule has 3 rings (SSSR count). The molecule has 0 atom stereocenters. The third-order valence-electron chi connectivity index (χ3n) is 4.00. The number of fused-ring (bicyclic) bond motifs is 1. The molecule has 5 nitrogen and oxygen atoms in total. The molecule has 1 heterocycles. The predicted octanol–water partition coefficient (Wildman–Crippen LogP) is 3.00. The van der Waals surface area contributed by atoms with Gasteiger partial charge in [0.1, 0.15) is 0 Å². The number of benzene rings is 2. The first kappa shape index (κ1) is 16.0. The molecule has 2 aromatic rings. The topological polar surface area (TPSA) is 58.6 Å². The van der Waals surface area contributed by atoms with E-state index in [4.69, 9.17) is 4.74 Å². The van der Waals surface area contributed by atoms with Gasteiger partial charge in [0.25, 0.3) is 5.91 Å². The molecule has 2 aromatic carbocycles. The zero-order valence-electron chi connectivity index (χ0n) is 13.4. The van der Waals surface area contributed by atoms with Crippen molar-refractivity contribution >= 4 is 23.2 Å². The number of amides is 2. The molecule has 0 bridgehead atoms. The van der Waals surface area contributed by atoms with Crippen LogP contribution in [0.5, 0.6) is 5.75 Å². The van der Waals surface area contributed by atoms with E-state index in [-0.39, 0.29) is 17.2 Å². The van der Waals surface area contributed by atoms with E-state index in [0.717, 1.165) is 17.3 Å². The molecule has 0 saturated heterocycles. The van der Waals surface area contributed by atoms with Gasteiger partial charge in [-0.25, -0.2) is 4.39 Å². The molecular formula is C18H17FN2O3. The minimum atomic E-state index is -0.594. The van der Waals surface area contributed by atoms with Gasteiger partial charge < -0.3 is 15.0 Å². The van der Waals surface area contributed by atoms with E-state index in [9.17, 15) is 14.0 Å². The zero-order valence-corrected chi connectivity index (χ0v) is 13.4. The second kappa shape index (κ2) is 6.31. The number of hydrogen-bond donors (Lipinski definition) is 1. The van der Waals surface area contributed by atoms with E-state index in [2.05, 4.69) is 5.32 Å². The lowest BCUT2D eigenvalue weighted by Gasteiger charge is -2.15. The Balaban J connectivity index is 1.80. The highest BCUT2D eigenvalue weighted by Crippen LogP contribution is 2.31. The van der Waals surface area contributed by atoms with Gasteiger partial charge in [-0.15, -0.1) is 0 Å². The Labute approximate surface area is 139 Å². The molecule has 0 aromatic heterocycles. The van der Waals surface area contributed by atoms with Crippen LogP contribution in [0.1, 0.15) is 22.8 Å². The molecular weight excluding hydrogens is 311 g/mol. The fourth-order valence-electron chi connectivity index (χ4n) is 2.82. The van der Waals surface area contributed by atoms with Gasteiger partial charge in [-0.2, -0.15) is 0 Å². The lowest BCUT2D eigenvalue weighted by molar-refractivity contribution is -0.117. The van der Waals surface area contributed by atoms with Crippen molar-refractivity contribution in [3.63, 3.8) is 0 Å². The van der Waals surface area contributed by atoms with E-state index in [1.165, 1.54) is 19.2 Å². The molecule has 6 heteroatoms. The van der Waals surface area contributed by atoms with Gasteiger partial charge in [0.05, 0.1) is 13.5 Å². The number of nitrogens with one attached hydrogen (secondary N) is 1. The van der Waals surface area contributed by atoms with Crippen LogP contribution in [-0.4, -0.2) is 25.5 Å². The van der Waals surface area contributed by atoms with E-state index in [1.807, 2.05) is 13.0 Å². The van der Waals surface area contributed by atoms with Crippen LogP contribution in [-0.2, 0) is 11.2 Å². The standard InChI is InChI=1S/C18H17FN2O3/c1-3-21-15-6-5-13(8-12(15)10-17(21)22)20-18(23)11-4-7-16(24-2)14(19)9-11/h4-9H,3,10H2,1-2H3,(H,20,23). The number of methoxy groups -OCH3 is 1. The van der Waals surface area contributed by atoms with E-state index >= 15 is 0 Å². The zero-order chi connectivity index (χ0) is 17.3. The van der Waals surface area contributed by atoms with Crippen LogP contribution < -0.4 is 15.0 Å². The SMILES string of the molecule is CCN1C(=O)Cc2cc(NC(=O)c3ccc(OC)c(F)c3)ccc21. The lowest BCUT2D eigenvalue weighted by atomic mass is 10.1. The van der Waals surface area contributed by atoms with Crippen molar-refractivity contribution in [2.45, 2.75) is 13.3 Å². The largest absolute Gasteiger partial charge is 0.494 e. The predicted molar refractivity (Wildman–Crippen MR) is 89.1 cm³/mol. The normalized spacial score (nSPS) is 13.0. The number of rotatable bonds is 4. The quantitative estimate of drug-likeness (QED) is 0.938. The molecule has 2 amide bonds. The third kappa shape index (κ3) is 2.82. The van der Waals surface area contributed by atoms with E-state index in [0.29, 0.717) is 18.7 Å². The summed E-state index contributed by atoms with van der Waals surface area (Å²) in [5.74, 6) is -0.882. The van der Waals surface area contributed by atoms with Crippen LogP contribution in [0.4, 0.5) is 15.8 Å². The molecule has 0 spiro atoms. The summed E-state index contributed by atoms with van der Waals surface area (Å²) in [6.45, 7) is 2.53. The number of anilines is 2. The monoisotopic (exact) mass is 328 g/mol. The molecule has 0 radical (unpaired) electrons. The maximum absolute atomic E-state index is 13.7. The van der Waals surface area contributed by atoms with Gasteiger partial charge >= 0.3 is 0 Å². The number of likely N-dealkylation sites (N-methyl/N-ethyl adjacent to an activating group) is 1. The Bertz CT molecular complexity index is 820. The van der Waals surface area contributed by atoms with Crippen molar-refractivity contribution in [2.75, 3.05) is 23.9 Å². The summed E-state index contributed by atoms with van der Waals surface area (Å²) in [6, 6.07) is 9.36. The van der Waals surface area contributed by atoms with Crippen LogP contribution in [0.15, 0.2) is 36.4 Å². The van der Waals surface area contributed by atoms with Gasteiger partial charge in [-0.1, -0.05) is 0 Å². The Morgan fingerprint density at radius 2 is 2.08 bits per heavy atom. The van der Waals surface area contributed by atoms with Crippen LogP contribution in [0, 0.1) is 5.82 Å². The second-order valence-electron chi connectivity index (χ2n) is 5.46. The van der Waals surface area contributed by atoms with Crippen LogP contribution in [0.2, 0.25) is 0 Å². The first-order valence-corrected chi connectivity index (χ1v) is 7.61. The van der Waals surface area contributed by atoms with Crippen molar-refractivity contribution in [2.24, 2.45) is 0 Å². The molecule has 124 valence electrons. The number of carbonyl (C=O) groups is 2. The summed E-state index contributed by atoms with van der Waals surface area (Å²) in [7, 11) is 1.36. The number of halogens is 1. The molecule has 0 fully saturated rings. The molecule has 24 heavy (non-hydrogen) atoms. The number of hydrogen-bond acceptors (Lipinski definition) is 3. The average Bonchev–Trinajstić information content (AvgIpc) is 2.88. The Morgan fingerprint density at radius 1 is 1.29 bits per heavy atom. The van der Waals surface area contributed by atoms with Gasteiger partial charge in [-0.05, 0) is 48.9 Å². The van der Waals surface area contributed by atoms with Crippen molar-refractivity contribution in [1.29, 1.82) is 0 Å². The second-order valence-corrected chi connectivity index (χ2v) is 5.46. The maximum atomic E-state index is 13.7. The van der Waals surface area contributed by atoms with Crippen LogP contribution in [0.25, 0.3) is 0 Å². The maximum Gasteiger partial charge on any atom is 0.255 e. The number of nitrogens with zero attached hydrogens (tertiary/aromatic N) is 1. The summed E-state index contributed by atoms with van der Waals surface area (Å²) in [4.78, 5) is 25.9. The van der Waals surface area contributed by atoms with Crippen molar-refractivity contribution < 1.29 is 18.7 Å². The first-order valence-electron chi connectivity index (χ1n) is 7.61. The highest BCUT2D eigenvalue weighted by molar-refractivity contribution is 6.06. The summed E-state index contributed by atoms with van der Waals surface area (Å²) < 4.78 is 18.5. The molecule has 0 aliphatic carbocycles. The van der Waals surface area contributed by atoms with Crippen molar-refractivity contribution in [1.82, 2.24) is 0 Å². The molecule has 0 saturated carbocycles. The number of carbonyl (C=O) groups excluding carboxylic acids is 2. The van der Waals surface area contributed by atoms with Gasteiger partial charge in [0.2, 0.25) is 5.91 Å². The number of ether oxygens (including phenoxy) is 1. The first-order chi connectivity index (χ1) is 11.5. The fraction of sp³-hybridized carbons (Fsp3) is 0.222. The summed E-state index contributed by atoms with van der Waals surface area (Å²) >= 11 is 0. The summed E-state index contributed by atoms with van der Waals surface area (Å²) in [6.07, 6.45) is 0.323. The molecule has 1 aliphatic rings. The molecule has 1 aliphatic heterocycles. The van der Waals surface area contributed by atoms with Crippen LogP contribution in [0.3, 0.4) is 0 Å². The lowest BCUT2D eigenvalue weighted by Crippen LogP contribution is -2.25. The van der Waals surface area contributed by atoms with Gasteiger partial charge in [-0.3, -0.25) is 9.59 Å². The fourth-order valence-corrected chi connectivity index (χ4v) is 2.82. The Hall–Kier alpha value is -2.89. The highest BCUT2D eigenvalue weighted by Gasteiger charge is 2.26. The van der Waals surface area contributed by atoms with Crippen LogP contribution >= 0.6 is 0 Å².